The van der Waals surface area contributed by atoms with Gasteiger partial charge in [-0.3, -0.25) is 4.90 Å². The van der Waals surface area contributed by atoms with Crippen molar-refractivity contribution in [3.63, 3.8) is 0 Å². The van der Waals surface area contributed by atoms with Crippen molar-refractivity contribution in [1.29, 1.82) is 0 Å². The minimum atomic E-state index is 0.440. The van der Waals surface area contributed by atoms with Gasteiger partial charge in [-0.05, 0) is 49.4 Å². The number of hydrogen-bond acceptors (Lipinski definition) is 6. The van der Waals surface area contributed by atoms with Gasteiger partial charge in [-0.15, -0.1) is 0 Å². The number of aromatic amines is 1. The number of nitrogens with zero attached hydrogens (tertiary/aromatic N) is 5. The van der Waals surface area contributed by atoms with E-state index in [-0.39, 0.29) is 0 Å². The molecule has 0 amide bonds. The van der Waals surface area contributed by atoms with Crippen LogP contribution in [0.3, 0.4) is 0 Å². The molecule has 8 nitrogen and oxygen atoms in total. The fourth-order valence-electron chi connectivity index (χ4n) is 5.11. The Morgan fingerprint density at radius 3 is 2.81 bits per heavy atom. The highest BCUT2D eigenvalue weighted by Gasteiger charge is 2.27. The number of aromatic nitrogens is 5. The van der Waals surface area contributed by atoms with E-state index in [9.17, 15) is 0 Å². The Bertz CT molecular complexity index is 1190. The van der Waals surface area contributed by atoms with Crippen LogP contribution in [0.1, 0.15) is 25.7 Å². The molecular weight excluding hydrogens is 390 g/mol. The minimum Gasteiger partial charge on any atom is -0.379 e. The summed E-state index contributed by atoms with van der Waals surface area (Å²) in [6, 6.07) is 7.39. The monoisotopic (exact) mass is 417 g/mol. The molecule has 0 unspecified atom stereocenters. The van der Waals surface area contributed by atoms with E-state index in [1.54, 1.807) is 6.33 Å². The molecule has 160 valence electrons. The maximum atomic E-state index is 5.51. The van der Waals surface area contributed by atoms with E-state index < -0.39 is 0 Å². The first kappa shape index (κ1) is 18.8. The quantitative estimate of drug-likeness (QED) is 0.530. The van der Waals surface area contributed by atoms with Gasteiger partial charge in [0.1, 0.15) is 17.8 Å². The van der Waals surface area contributed by atoms with Crippen molar-refractivity contribution in [2.24, 2.45) is 0 Å². The molecule has 2 fully saturated rings. The second-order valence-corrected chi connectivity index (χ2v) is 8.56. The van der Waals surface area contributed by atoms with Crippen LogP contribution in [0.2, 0.25) is 0 Å². The van der Waals surface area contributed by atoms with E-state index in [1.165, 1.54) is 12.8 Å². The zero-order valence-electron chi connectivity index (χ0n) is 17.5. The summed E-state index contributed by atoms with van der Waals surface area (Å²) < 4.78 is 7.39. The number of anilines is 1. The zero-order chi connectivity index (χ0) is 20.6. The van der Waals surface area contributed by atoms with E-state index in [0.29, 0.717) is 12.1 Å². The molecule has 0 bridgehead atoms. The molecule has 0 atom stereocenters. The number of nitrogens with one attached hydrogen (secondary N) is 2. The molecular formula is C23H27N7O. The lowest BCUT2D eigenvalue weighted by Crippen LogP contribution is -2.46. The summed E-state index contributed by atoms with van der Waals surface area (Å²) in [5, 5.41) is 9.10. The van der Waals surface area contributed by atoms with Gasteiger partial charge in [0.25, 0.3) is 0 Å². The maximum absolute atomic E-state index is 5.51. The second kappa shape index (κ2) is 7.94. The predicted molar refractivity (Wildman–Crippen MR) is 120 cm³/mol. The summed E-state index contributed by atoms with van der Waals surface area (Å²) in [5.74, 6) is 0.921. The van der Waals surface area contributed by atoms with Crippen LogP contribution >= 0.6 is 0 Å². The Morgan fingerprint density at radius 1 is 1.06 bits per heavy atom. The fraction of sp³-hybridized carbons (Fsp3) is 0.435. The number of fused-ring (bicyclic) bond motifs is 2. The van der Waals surface area contributed by atoms with E-state index in [2.05, 4.69) is 42.4 Å². The molecule has 31 heavy (non-hydrogen) atoms. The summed E-state index contributed by atoms with van der Waals surface area (Å²) in [6.07, 6.45) is 12.3. The summed E-state index contributed by atoms with van der Waals surface area (Å²) in [6.45, 7) is 3.89. The molecule has 4 aromatic heterocycles. The van der Waals surface area contributed by atoms with Gasteiger partial charge in [0, 0.05) is 49.3 Å². The first-order valence-electron chi connectivity index (χ1n) is 11.2. The highest BCUT2D eigenvalue weighted by atomic mass is 16.5. The lowest BCUT2D eigenvalue weighted by atomic mass is 9.90. The molecule has 0 aromatic carbocycles. The first-order valence-corrected chi connectivity index (χ1v) is 11.2. The SMILES string of the molecule is c1nc(N[C@H]2CC[C@H](N3CCOCC3)CC2)c2c(-c3ccn4nccc4c3)c[nH]c2n1. The van der Waals surface area contributed by atoms with Gasteiger partial charge >= 0.3 is 0 Å². The molecule has 4 aromatic rings. The Kier molecular flexibility index (Phi) is 4.81. The van der Waals surface area contributed by atoms with Gasteiger partial charge in [-0.25, -0.2) is 14.5 Å². The first-order chi connectivity index (χ1) is 15.3. The smallest absolute Gasteiger partial charge is 0.143 e. The zero-order valence-corrected chi connectivity index (χ0v) is 17.5. The molecule has 6 rings (SSSR count). The Morgan fingerprint density at radius 2 is 1.94 bits per heavy atom. The van der Waals surface area contributed by atoms with Gasteiger partial charge < -0.3 is 15.0 Å². The molecule has 5 heterocycles. The van der Waals surface area contributed by atoms with Crippen LogP contribution in [-0.4, -0.2) is 67.9 Å². The molecule has 2 N–H and O–H groups in total. The van der Waals surface area contributed by atoms with Gasteiger partial charge in [-0.1, -0.05) is 0 Å². The van der Waals surface area contributed by atoms with Crippen molar-refractivity contribution in [1.82, 2.24) is 29.5 Å². The van der Waals surface area contributed by atoms with E-state index in [1.807, 2.05) is 29.2 Å². The number of ether oxygens (including phenoxy) is 1. The van der Waals surface area contributed by atoms with E-state index in [4.69, 9.17) is 4.74 Å². The van der Waals surface area contributed by atoms with E-state index >= 15 is 0 Å². The molecule has 2 aliphatic rings. The van der Waals surface area contributed by atoms with Crippen LogP contribution in [0.25, 0.3) is 27.7 Å². The minimum absolute atomic E-state index is 0.440. The van der Waals surface area contributed by atoms with E-state index in [0.717, 1.165) is 72.6 Å². The van der Waals surface area contributed by atoms with Gasteiger partial charge in [0.05, 0.1) is 24.1 Å². The molecule has 1 aliphatic heterocycles. The highest BCUT2D eigenvalue weighted by Crippen LogP contribution is 2.34. The number of morpholine rings is 1. The van der Waals surface area contributed by atoms with Crippen LogP contribution in [0.4, 0.5) is 5.82 Å². The van der Waals surface area contributed by atoms with Crippen molar-refractivity contribution in [2.75, 3.05) is 31.6 Å². The second-order valence-electron chi connectivity index (χ2n) is 8.56. The lowest BCUT2D eigenvalue weighted by molar-refractivity contribution is 0.00791. The van der Waals surface area contributed by atoms with Gasteiger partial charge in [0.15, 0.2) is 0 Å². The van der Waals surface area contributed by atoms with Crippen molar-refractivity contribution in [3.05, 3.63) is 43.1 Å². The molecule has 1 saturated carbocycles. The van der Waals surface area contributed by atoms with Gasteiger partial charge in [0.2, 0.25) is 0 Å². The van der Waals surface area contributed by atoms with Crippen molar-refractivity contribution < 1.29 is 4.74 Å². The van der Waals surface area contributed by atoms with Crippen molar-refractivity contribution in [2.45, 2.75) is 37.8 Å². The summed E-state index contributed by atoms with van der Waals surface area (Å²) >= 11 is 0. The van der Waals surface area contributed by atoms with Crippen molar-refractivity contribution in [3.8, 4) is 11.1 Å². The van der Waals surface area contributed by atoms with Crippen LogP contribution in [0.5, 0.6) is 0 Å². The summed E-state index contributed by atoms with van der Waals surface area (Å²) in [5.41, 5.74) is 4.18. The Hall–Kier alpha value is -2.97. The third kappa shape index (κ3) is 3.55. The summed E-state index contributed by atoms with van der Waals surface area (Å²) in [7, 11) is 0. The standard InChI is InChI=1S/C23H27N7O/c1-3-18(29-9-11-31-12-10-29)4-2-17(1)28-23-21-20(14-24-22(21)25-15-26-23)16-6-8-30-19(13-16)5-7-27-30/h5-8,13-15,17-18H,1-4,9-12H2,(H2,24,25,26,28)/t17-,18-. The van der Waals surface area contributed by atoms with Crippen LogP contribution in [0.15, 0.2) is 43.1 Å². The highest BCUT2D eigenvalue weighted by molar-refractivity contribution is 6.01. The lowest BCUT2D eigenvalue weighted by Gasteiger charge is -2.39. The van der Waals surface area contributed by atoms with Gasteiger partial charge in [-0.2, -0.15) is 5.10 Å². The summed E-state index contributed by atoms with van der Waals surface area (Å²) in [4.78, 5) is 15.0. The average molecular weight is 418 g/mol. The fourth-order valence-corrected chi connectivity index (χ4v) is 5.11. The normalized spacial score (nSPS) is 22.8. The molecule has 0 spiro atoms. The Balaban J connectivity index is 1.24. The van der Waals surface area contributed by atoms with Crippen LogP contribution < -0.4 is 5.32 Å². The number of pyridine rings is 1. The predicted octanol–water partition coefficient (Wildman–Crippen LogP) is 3.33. The molecule has 1 aliphatic carbocycles. The maximum Gasteiger partial charge on any atom is 0.143 e. The molecule has 0 radical (unpaired) electrons. The largest absolute Gasteiger partial charge is 0.379 e. The number of rotatable bonds is 4. The van der Waals surface area contributed by atoms with Crippen LogP contribution in [0, 0.1) is 0 Å². The Labute approximate surface area is 180 Å². The number of hydrogen-bond donors (Lipinski definition) is 2. The number of H-pyrrole nitrogens is 1. The third-order valence-electron chi connectivity index (χ3n) is 6.78. The average Bonchev–Trinajstić information content (AvgIpc) is 3.47. The molecule has 1 saturated heterocycles. The topological polar surface area (TPSA) is 83.4 Å². The molecule has 8 heteroatoms. The van der Waals surface area contributed by atoms with Crippen molar-refractivity contribution >= 4 is 22.4 Å². The van der Waals surface area contributed by atoms with Crippen LogP contribution in [-0.2, 0) is 4.74 Å². The third-order valence-corrected chi connectivity index (χ3v) is 6.78.